The fourth-order valence-electron chi connectivity index (χ4n) is 1.70. The highest BCUT2D eigenvalue weighted by Gasteiger charge is 2.25. The van der Waals surface area contributed by atoms with E-state index < -0.39 is 29.2 Å². The molecule has 1 rings (SSSR count). The Labute approximate surface area is 126 Å². The maximum atomic E-state index is 11.9. The molecular weight excluding hydrogens is 300 g/mol. The molecule has 6 nitrogen and oxygen atoms in total. The van der Waals surface area contributed by atoms with Crippen LogP contribution in [0.3, 0.4) is 0 Å². The normalized spacial score (nSPS) is 13.3. The number of esters is 1. The van der Waals surface area contributed by atoms with Crippen molar-refractivity contribution in [2.24, 2.45) is 0 Å². The van der Waals surface area contributed by atoms with E-state index in [1.54, 1.807) is 6.92 Å². The molecule has 0 aliphatic heterocycles. The number of rotatable bonds is 6. The zero-order valence-corrected chi connectivity index (χ0v) is 12.3. The van der Waals surface area contributed by atoms with Crippen molar-refractivity contribution in [1.29, 1.82) is 0 Å². The number of alkyl halides is 1. The van der Waals surface area contributed by atoms with Gasteiger partial charge in [-0.1, -0.05) is 12.1 Å². The minimum absolute atomic E-state index is 0.0749. The van der Waals surface area contributed by atoms with Crippen molar-refractivity contribution in [1.82, 2.24) is 0 Å². The predicted molar refractivity (Wildman–Crippen MR) is 74.6 cm³/mol. The summed E-state index contributed by atoms with van der Waals surface area (Å²) in [5, 5.41) is 17.7. The number of ketones is 1. The summed E-state index contributed by atoms with van der Waals surface area (Å²) in [7, 11) is 0. The Bertz CT molecular complexity index is 567. The second-order valence-corrected chi connectivity index (χ2v) is 4.90. The molecule has 0 bridgehead atoms. The molecule has 0 spiro atoms. The van der Waals surface area contributed by atoms with E-state index >= 15 is 0 Å². The number of aliphatic carboxylic acids is 1. The lowest BCUT2D eigenvalue weighted by Crippen LogP contribution is -2.18. The molecule has 0 heterocycles. The Kier molecular flexibility index (Phi) is 5.87. The van der Waals surface area contributed by atoms with Crippen molar-refractivity contribution in [3.63, 3.8) is 0 Å². The van der Waals surface area contributed by atoms with Crippen LogP contribution in [0, 0.1) is 0 Å². The molecule has 2 unspecified atom stereocenters. The number of aliphatic hydroxyl groups excluding tert-OH is 1. The third kappa shape index (κ3) is 4.03. The van der Waals surface area contributed by atoms with Crippen molar-refractivity contribution >= 4 is 29.3 Å². The molecule has 0 fully saturated rings. The van der Waals surface area contributed by atoms with Gasteiger partial charge in [-0.3, -0.25) is 4.79 Å². The van der Waals surface area contributed by atoms with E-state index in [0.717, 1.165) is 0 Å². The van der Waals surface area contributed by atoms with Gasteiger partial charge in [-0.25, -0.2) is 9.59 Å². The summed E-state index contributed by atoms with van der Waals surface area (Å²) < 4.78 is 4.81. The van der Waals surface area contributed by atoms with Crippen molar-refractivity contribution < 1.29 is 29.3 Å². The molecule has 0 aliphatic rings. The van der Waals surface area contributed by atoms with Gasteiger partial charge in [0.2, 0.25) is 0 Å². The number of ether oxygens (including phenoxy) is 1. The topological polar surface area (TPSA) is 101 Å². The highest BCUT2D eigenvalue weighted by Crippen LogP contribution is 2.22. The molecular formula is C14H15ClO6. The van der Waals surface area contributed by atoms with Gasteiger partial charge in [0.25, 0.3) is 0 Å². The summed E-state index contributed by atoms with van der Waals surface area (Å²) in [6.45, 7) is 3.14. The maximum absolute atomic E-state index is 11.9. The molecule has 2 atom stereocenters. The quantitative estimate of drug-likeness (QED) is 0.471. The van der Waals surface area contributed by atoms with Crippen molar-refractivity contribution in [2.75, 3.05) is 6.61 Å². The summed E-state index contributed by atoms with van der Waals surface area (Å²) in [4.78, 5) is 34.6. The van der Waals surface area contributed by atoms with Gasteiger partial charge in [-0.05, 0) is 19.9 Å². The van der Waals surface area contributed by atoms with Crippen molar-refractivity contribution in [3.8, 4) is 0 Å². The zero-order valence-electron chi connectivity index (χ0n) is 11.5. The third-order valence-corrected chi connectivity index (χ3v) is 2.92. The first-order valence-corrected chi connectivity index (χ1v) is 6.63. The number of halogens is 1. The minimum atomic E-state index is -1.89. The van der Waals surface area contributed by atoms with Crippen LogP contribution < -0.4 is 0 Å². The summed E-state index contributed by atoms with van der Waals surface area (Å²) in [6, 6.07) is 3.70. The molecule has 7 heteroatoms. The summed E-state index contributed by atoms with van der Waals surface area (Å²) >= 11 is 5.70. The third-order valence-electron chi connectivity index (χ3n) is 2.72. The fraction of sp³-hybridized carbons (Fsp3) is 0.357. The Morgan fingerprint density at radius 1 is 1.33 bits per heavy atom. The lowest BCUT2D eigenvalue weighted by molar-refractivity contribution is -0.146. The molecule has 0 aliphatic carbocycles. The number of carboxylic acids is 1. The van der Waals surface area contributed by atoms with Crippen LogP contribution in [0.25, 0.3) is 0 Å². The number of benzene rings is 1. The number of carboxylic acid groups (broad SMARTS) is 1. The Hall–Kier alpha value is -1.92. The molecule has 0 saturated heterocycles. The number of hydrogen-bond donors (Lipinski definition) is 2. The number of aliphatic hydroxyl groups is 1. The minimum Gasteiger partial charge on any atom is -0.479 e. The van der Waals surface area contributed by atoms with Gasteiger partial charge in [0.15, 0.2) is 11.9 Å². The van der Waals surface area contributed by atoms with Gasteiger partial charge in [0.05, 0.1) is 17.5 Å². The molecule has 0 saturated carbocycles. The van der Waals surface area contributed by atoms with Crippen LogP contribution in [0.4, 0.5) is 0 Å². The molecule has 0 aromatic heterocycles. The molecule has 0 radical (unpaired) electrons. The lowest BCUT2D eigenvalue weighted by atomic mass is 9.97. The smallest absolute Gasteiger partial charge is 0.338 e. The Balaban J connectivity index is 3.36. The van der Waals surface area contributed by atoms with E-state index in [4.69, 9.17) is 21.4 Å². The first kappa shape index (κ1) is 17.1. The molecule has 0 amide bonds. The maximum Gasteiger partial charge on any atom is 0.338 e. The molecule has 1 aromatic carbocycles. The van der Waals surface area contributed by atoms with Crippen LogP contribution in [0.15, 0.2) is 18.2 Å². The van der Waals surface area contributed by atoms with Gasteiger partial charge in [-0.2, -0.15) is 0 Å². The number of carbonyl (C=O) groups excluding carboxylic acids is 2. The van der Waals surface area contributed by atoms with E-state index in [1.165, 1.54) is 25.1 Å². The summed E-state index contributed by atoms with van der Waals surface area (Å²) in [6.07, 6.45) is -1.89. The molecule has 114 valence electrons. The zero-order chi connectivity index (χ0) is 16.2. The second kappa shape index (κ2) is 7.19. The monoisotopic (exact) mass is 314 g/mol. The van der Waals surface area contributed by atoms with Crippen LogP contribution in [0.5, 0.6) is 0 Å². The number of Topliss-reactive ketones (excluding diaryl/α,β-unsaturated/α-hetero) is 1. The van der Waals surface area contributed by atoms with Gasteiger partial charge >= 0.3 is 11.9 Å². The average Bonchev–Trinajstić information content (AvgIpc) is 2.45. The number of carbonyl (C=O) groups is 3. The largest absolute Gasteiger partial charge is 0.479 e. The van der Waals surface area contributed by atoms with E-state index in [2.05, 4.69) is 0 Å². The number of hydrogen-bond acceptors (Lipinski definition) is 5. The van der Waals surface area contributed by atoms with Crippen molar-refractivity contribution in [2.45, 2.75) is 25.3 Å². The van der Waals surface area contributed by atoms with E-state index in [1.807, 2.05) is 0 Å². The fourth-order valence-corrected chi connectivity index (χ4v) is 1.82. The predicted octanol–water partition coefficient (Wildman–Crippen LogP) is 1.79. The standard InChI is InChI=1S/C14H15ClO6/c1-3-21-14(20)10-6-8(11(16)7(2)15)4-5-9(10)12(17)13(18)19/h4-7,12,17H,3H2,1-2H3,(H,18,19). The second-order valence-electron chi connectivity index (χ2n) is 4.24. The van der Waals surface area contributed by atoms with E-state index in [-0.39, 0.29) is 23.3 Å². The van der Waals surface area contributed by atoms with Crippen LogP contribution in [-0.4, -0.2) is 39.9 Å². The highest BCUT2D eigenvalue weighted by molar-refractivity contribution is 6.33. The average molecular weight is 315 g/mol. The molecule has 2 N–H and O–H groups in total. The Morgan fingerprint density at radius 2 is 1.95 bits per heavy atom. The van der Waals surface area contributed by atoms with Crippen LogP contribution in [-0.2, 0) is 9.53 Å². The van der Waals surface area contributed by atoms with Gasteiger partial charge < -0.3 is 14.9 Å². The SMILES string of the molecule is CCOC(=O)c1cc(C(=O)C(C)Cl)ccc1C(O)C(=O)O. The first-order valence-electron chi connectivity index (χ1n) is 6.19. The highest BCUT2D eigenvalue weighted by atomic mass is 35.5. The van der Waals surface area contributed by atoms with Gasteiger partial charge in [-0.15, -0.1) is 11.6 Å². The molecule has 1 aromatic rings. The Morgan fingerprint density at radius 3 is 2.43 bits per heavy atom. The first-order chi connectivity index (χ1) is 9.79. The van der Waals surface area contributed by atoms with E-state index in [0.29, 0.717) is 0 Å². The van der Waals surface area contributed by atoms with Crippen LogP contribution >= 0.6 is 11.6 Å². The lowest BCUT2D eigenvalue weighted by Gasteiger charge is -2.13. The van der Waals surface area contributed by atoms with Gasteiger partial charge in [0, 0.05) is 11.1 Å². The van der Waals surface area contributed by atoms with Crippen LogP contribution in [0.1, 0.15) is 46.2 Å². The summed E-state index contributed by atoms with van der Waals surface area (Å²) in [5.41, 5.74) is -0.170. The van der Waals surface area contributed by atoms with E-state index in [9.17, 15) is 19.5 Å². The van der Waals surface area contributed by atoms with Crippen LogP contribution in [0.2, 0.25) is 0 Å². The van der Waals surface area contributed by atoms with Crippen molar-refractivity contribution in [3.05, 3.63) is 34.9 Å². The summed E-state index contributed by atoms with van der Waals surface area (Å²) in [5.74, 6) is -2.74. The molecule has 21 heavy (non-hydrogen) atoms. The van der Waals surface area contributed by atoms with Gasteiger partial charge in [0.1, 0.15) is 0 Å².